The van der Waals surface area contributed by atoms with Crippen LogP contribution in [0.3, 0.4) is 0 Å². The highest BCUT2D eigenvalue weighted by molar-refractivity contribution is 6.30. The predicted octanol–water partition coefficient (Wildman–Crippen LogP) is 3.03. The summed E-state index contributed by atoms with van der Waals surface area (Å²) in [6.07, 6.45) is 0. The van der Waals surface area contributed by atoms with Gasteiger partial charge in [0.25, 0.3) is 0 Å². The van der Waals surface area contributed by atoms with Crippen LogP contribution >= 0.6 is 11.6 Å². The molecular weight excluding hydrogens is 357 g/mol. The molecule has 0 atom stereocenters. The fourth-order valence-electron chi connectivity index (χ4n) is 2.81. The highest BCUT2D eigenvalue weighted by Crippen LogP contribution is 2.16. The molecule has 1 aliphatic rings. The predicted molar refractivity (Wildman–Crippen MR) is 97.1 cm³/mol. The molecule has 0 aromatic heterocycles. The molecule has 0 aliphatic carbocycles. The number of carbonyl (C=O) groups is 2. The zero-order chi connectivity index (χ0) is 18.5. The molecule has 3 rings (SSSR count). The summed E-state index contributed by atoms with van der Waals surface area (Å²) in [4.78, 5) is 27.7. The van der Waals surface area contributed by atoms with Gasteiger partial charge in [0.2, 0.25) is 5.91 Å². The molecule has 2 aromatic carbocycles. The Morgan fingerprint density at radius 1 is 1.08 bits per heavy atom. The van der Waals surface area contributed by atoms with E-state index in [9.17, 15) is 14.0 Å². The third kappa shape index (κ3) is 4.73. The molecule has 0 saturated carbocycles. The number of amides is 3. The third-order valence-electron chi connectivity index (χ3n) is 4.18. The second kappa shape index (κ2) is 8.19. The van der Waals surface area contributed by atoms with Crippen molar-refractivity contribution >= 4 is 23.5 Å². The van der Waals surface area contributed by atoms with E-state index in [1.807, 2.05) is 18.2 Å². The van der Waals surface area contributed by atoms with E-state index in [0.29, 0.717) is 31.2 Å². The highest BCUT2D eigenvalue weighted by Gasteiger charge is 2.29. The number of benzene rings is 2. The fourth-order valence-corrected chi connectivity index (χ4v) is 3.03. The second-order valence-corrected chi connectivity index (χ2v) is 6.60. The lowest BCUT2D eigenvalue weighted by atomic mass is 10.2. The summed E-state index contributed by atoms with van der Waals surface area (Å²) in [5, 5.41) is 3.38. The molecule has 0 spiro atoms. The van der Waals surface area contributed by atoms with Crippen molar-refractivity contribution in [3.05, 3.63) is 70.5 Å². The van der Waals surface area contributed by atoms with Crippen LogP contribution in [0.5, 0.6) is 0 Å². The van der Waals surface area contributed by atoms with Crippen molar-refractivity contribution in [3.63, 3.8) is 0 Å². The van der Waals surface area contributed by atoms with Crippen molar-refractivity contribution in [2.75, 3.05) is 19.6 Å². The van der Waals surface area contributed by atoms with E-state index in [1.54, 1.807) is 23.1 Å². The maximum absolute atomic E-state index is 12.9. The molecule has 3 amide bonds. The van der Waals surface area contributed by atoms with Gasteiger partial charge in [0.05, 0.1) is 0 Å². The molecular formula is C19H19ClFN3O2. The summed E-state index contributed by atoms with van der Waals surface area (Å²) in [5.74, 6) is -0.560. The summed E-state index contributed by atoms with van der Waals surface area (Å²) in [7, 11) is 0. The minimum atomic E-state index is -0.317. The number of nitrogens with zero attached hydrogens (tertiary/aromatic N) is 2. The first-order valence-electron chi connectivity index (χ1n) is 8.31. The van der Waals surface area contributed by atoms with Gasteiger partial charge in [-0.3, -0.25) is 4.79 Å². The molecule has 7 heteroatoms. The molecule has 1 fully saturated rings. The number of halogens is 2. The fraction of sp³-hybridized carbons (Fsp3) is 0.263. The Labute approximate surface area is 156 Å². The zero-order valence-electron chi connectivity index (χ0n) is 14.1. The van der Waals surface area contributed by atoms with Gasteiger partial charge in [-0.25, -0.2) is 9.18 Å². The Bertz CT molecular complexity index is 798. The molecule has 0 radical (unpaired) electrons. The molecule has 1 saturated heterocycles. The van der Waals surface area contributed by atoms with Crippen LogP contribution in [-0.4, -0.2) is 41.4 Å². The standard InChI is InChI=1S/C19H19ClFN3O2/c20-16-3-1-2-15(10-16)12-23-8-9-24(19(23)26)13-18(25)22-11-14-4-6-17(21)7-5-14/h1-7,10H,8-9,11-13H2,(H,22,25). The van der Waals surface area contributed by atoms with Crippen molar-refractivity contribution in [2.24, 2.45) is 0 Å². The minimum absolute atomic E-state index is 0.00603. The Morgan fingerprint density at radius 3 is 2.54 bits per heavy atom. The summed E-state index contributed by atoms with van der Waals surface area (Å²) >= 11 is 5.97. The summed E-state index contributed by atoms with van der Waals surface area (Å²) in [6.45, 7) is 1.84. The van der Waals surface area contributed by atoms with E-state index >= 15 is 0 Å². The SMILES string of the molecule is O=C(CN1CCN(Cc2cccc(Cl)c2)C1=O)NCc1ccc(F)cc1. The van der Waals surface area contributed by atoms with Gasteiger partial charge in [0.15, 0.2) is 0 Å². The number of urea groups is 1. The first kappa shape index (κ1) is 18.2. The van der Waals surface area contributed by atoms with Crippen molar-refractivity contribution in [2.45, 2.75) is 13.1 Å². The summed E-state index contributed by atoms with van der Waals surface area (Å²) < 4.78 is 12.9. The molecule has 1 aliphatic heterocycles. The maximum atomic E-state index is 12.9. The van der Waals surface area contributed by atoms with E-state index in [1.165, 1.54) is 17.0 Å². The lowest BCUT2D eigenvalue weighted by molar-refractivity contribution is -0.121. The second-order valence-electron chi connectivity index (χ2n) is 6.16. The van der Waals surface area contributed by atoms with Gasteiger partial charge in [-0.05, 0) is 35.4 Å². The van der Waals surface area contributed by atoms with Crippen LogP contribution in [0.1, 0.15) is 11.1 Å². The van der Waals surface area contributed by atoms with Crippen molar-refractivity contribution in [1.82, 2.24) is 15.1 Å². The first-order chi connectivity index (χ1) is 12.5. The zero-order valence-corrected chi connectivity index (χ0v) is 14.9. The van der Waals surface area contributed by atoms with Gasteiger partial charge >= 0.3 is 6.03 Å². The lowest BCUT2D eigenvalue weighted by Gasteiger charge is -2.18. The Hall–Kier alpha value is -2.60. The minimum Gasteiger partial charge on any atom is -0.350 e. The van der Waals surface area contributed by atoms with Gasteiger partial charge in [0, 0.05) is 31.2 Å². The van der Waals surface area contributed by atoms with Gasteiger partial charge in [0.1, 0.15) is 12.4 Å². The monoisotopic (exact) mass is 375 g/mol. The molecule has 26 heavy (non-hydrogen) atoms. The summed E-state index contributed by atoms with van der Waals surface area (Å²) in [6, 6.07) is 13.1. The van der Waals surface area contributed by atoms with E-state index < -0.39 is 0 Å². The van der Waals surface area contributed by atoms with Crippen LogP contribution in [0.25, 0.3) is 0 Å². The van der Waals surface area contributed by atoms with Crippen LogP contribution in [0.15, 0.2) is 48.5 Å². The number of hydrogen-bond donors (Lipinski definition) is 1. The lowest BCUT2D eigenvalue weighted by Crippen LogP contribution is -2.39. The van der Waals surface area contributed by atoms with Crippen LogP contribution in [0.4, 0.5) is 9.18 Å². The molecule has 1 heterocycles. The van der Waals surface area contributed by atoms with Gasteiger partial charge in [-0.15, -0.1) is 0 Å². The average Bonchev–Trinajstić information content (AvgIpc) is 2.95. The quantitative estimate of drug-likeness (QED) is 0.843. The van der Waals surface area contributed by atoms with Gasteiger partial charge in [-0.1, -0.05) is 35.9 Å². The number of carbonyl (C=O) groups excluding carboxylic acids is 2. The number of hydrogen-bond acceptors (Lipinski definition) is 2. The van der Waals surface area contributed by atoms with Crippen LogP contribution in [0, 0.1) is 5.82 Å². The Kier molecular flexibility index (Phi) is 5.73. The van der Waals surface area contributed by atoms with Crippen molar-refractivity contribution in [1.29, 1.82) is 0 Å². The first-order valence-corrected chi connectivity index (χ1v) is 8.68. The molecule has 0 bridgehead atoms. The van der Waals surface area contributed by atoms with Crippen LogP contribution < -0.4 is 5.32 Å². The van der Waals surface area contributed by atoms with Crippen molar-refractivity contribution in [3.8, 4) is 0 Å². The topological polar surface area (TPSA) is 52.7 Å². The highest BCUT2D eigenvalue weighted by atomic mass is 35.5. The van der Waals surface area contributed by atoms with Gasteiger partial charge in [-0.2, -0.15) is 0 Å². The van der Waals surface area contributed by atoms with E-state index in [2.05, 4.69) is 5.32 Å². The van der Waals surface area contributed by atoms with Crippen LogP contribution in [-0.2, 0) is 17.9 Å². The van der Waals surface area contributed by atoms with E-state index in [0.717, 1.165) is 11.1 Å². The maximum Gasteiger partial charge on any atom is 0.320 e. The average molecular weight is 376 g/mol. The molecule has 136 valence electrons. The Balaban J connectivity index is 1.48. The normalized spacial score (nSPS) is 14.0. The van der Waals surface area contributed by atoms with E-state index in [-0.39, 0.29) is 24.3 Å². The molecule has 5 nitrogen and oxygen atoms in total. The molecule has 2 aromatic rings. The Morgan fingerprint density at radius 2 is 1.81 bits per heavy atom. The smallest absolute Gasteiger partial charge is 0.320 e. The largest absolute Gasteiger partial charge is 0.350 e. The van der Waals surface area contributed by atoms with E-state index in [4.69, 9.17) is 11.6 Å². The number of rotatable bonds is 6. The summed E-state index contributed by atoms with van der Waals surface area (Å²) in [5.41, 5.74) is 1.75. The molecule has 0 unspecified atom stereocenters. The van der Waals surface area contributed by atoms with Crippen LogP contribution in [0.2, 0.25) is 5.02 Å². The van der Waals surface area contributed by atoms with Crippen molar-refractivity contribution < 1.29 is 14.0 Å². The number of nitrogens with one attached hydrogen (secondary N) is 1. The van der Waals surface area contributed by atoms with Gasteiger partial charge < -0.3 is 15.1 Å². The molecule has 1 N–H and O–H groups in total. The third-order valence-corrected chi connectivity index (χ3v) is 4.42.